The van der Waals surface area contributed by atoms with Gasteiger partial charge in [-0.2, -0.15) is 5.10 Å². The first kappa shape index (κ1) is 38.1. The van der Waals surface area contributed by atoms with Crippen LogP contribution in [0.25, 0.3) is 22.7 Å². The number of rotatable bonds is 15. The van der Waals surface area contributed by atoms with E-state index in [9.17, 15) is 24.3 Å². The van der Waals surface area contributed by atoms with Crippen LogP contribution in [0.2, 0.25) is 0 Å². The summed E-state index contributed by atoms with van der Waals surface area (Å²) in [4.78, 5) is 60.5. The van der Waals surface area contributed by atoms with Crippen LogP contribution in [0.5, 0.6) is 5.75 Å². The van der Waals surface area contributed by atoms with Gasteiger partial charge in [0.15, 0.2) is 5.58 Å². The van der Waals surface area contributed by atoms with Crippen LogP contribution in [0.4, 0.5) is 5.69 Å². The zero-order valence-corrected chi connectivity index (χ0v) is 30.0. The Morgan fingerprint density at radius 2 is 1.79 bits per heavy atom. The number of fused-ring (bicyclic) bond motifs is 1. The van der Waals surface area contributed by atoms with Crippen LogP contribution >= 0.6 is 0 Å². The van der Waals surface area contributed by atoms with Crippen molar-refractivity contribution in [2.24, 2.45) is 12.5 Å². The van der Waals surface area contributed by atoms with Gasteiger partial charge in [-0.25, -0.2) is 14.6 Å². The van der Waals surface area contributed by atoms with E-state index >= 15 is 0 Å². The molecule has 4 aromatic rings. The quantitative estimate of drug-likeness (QED) is 0.152. The van der Waals surface area contributed by atoms with Crippen molar-refractivity contribution < 1.29 is 38.1 Å². The number of ether oxygens (including phenoxy) is 3. The summed E-state index contributed by atoms with van der Waals surface area (Å²) in [6.07, 6.45) is 1.52. The summed E-state index contributed by atoms with van der Waals surface area (Å²) in [6.45, 7) is 9.14. The number of likely N-dealkylation sites (tertiary alicyclic amines) is 1. The van der Waals surface area contributed by atoms with Gasteiger partial charge < -0.3 is 39.3 Å². The number of nitrogens with zero attached hydrogens (tertiary/aromatic N) is 5. The number of aromatic nitrogens is 4. The van der Waals surface area contributed by atoms with Crippen molar-refractivity contribution in [3.05, 3.63) is 64.7 Å². The molecule has 16 heteroatoms. The van der Waals surface area contributed by atoms with Crippen molar-refractivity contribution in [2.75, 3.05) is 44.9 Å². The number of pyridine rings is 1. The van der Waals surface area contributed by atoms with E-state index in [0.29, 0.717) is 41.3 Å². The SMILES string of the molecule is C[C@@H]1C[C@@H](O)CN1C(=O)[C@@H](NC(=O)CCOCCOCCOc1ccc(C(=O)Nc2ccc3oc(-c4ccc(=O)n(C)n4)nc3c2)nc1)C(C)(C)C. The van der Waals surface area contributed by atoms with Crippen molar-refractivity contribution in [1.82, 2.24) is 30.0 Å². The van der Waals surface area contributed by atoms with Gasteiger partial charge >= 0.3 is 0 Å². The molecule has 0 bridgehead atoms. The summed E-state index contributed by atoms with van der Waals surface area (Å²) in [7, 11) is 1.54. The average Bonchev–Trinajstić information content (AvgIpc) is 3.68. The van der Waals surface area contributed by atoms with Crippen LogP contribution in [-0.2, 0) is 26.1 Å². The smallest absolute Gasteiger partial charge is 0.274 e. The highest BCUT2D eigenvalue weighted by Crippen LogP contribution is 2.27. The maximum Gasteiger partial charge on any atom is 0.274 e. The lowest BCUT2D eigenvalue weighted by atomic mass is 9.85. The number of hydrogen-bond acceptors (Lipinski definition) is 12. The van der Waals surface area contributed by atoms with E-state index in [1.54, 1.807) is 35.2 Å². The first-order chi connectivity index (χ1) is 24.8. The van der Waals surface area contributed by atoms with Gasteiger partial charge in [-0.3, -0.25) is 19.2 Å². The minimum Gasteiger partial charge on any atom is -0.490 e. The third kappa shape index (κ3) is 9.98. The van der Waals surface area contributed by atoms with Gasteiger partial charge in [-0.05, 0) is 55.2 Å². The molecule has 3 atom stereocenters. The number of aryl methyl sites for hydroxylation is 1. The van der Waals surface area contributed by atoms with Gasteiger partial charge in [-0.15, -0.1) is 0 Å². The number of β-amino-alcohol motifs (C(OH)–C–C–N with tert-alkyl or cyclic N) is 1. The number of hydrogen-bond donors (Lipinski definition) is 3. The molecule has 0 saturated carbocycles. The molecule has 52 heavy (non-hydrogen) atoms. The fourth-order valence-electron chi connectivity index (χ4n) is 5.59. The number of carbonyl (C=O) groups is 3. The second kappa shape index (κ2) is 16.9. The number of carbonyl (C=O) groups excluding carboxylic acids is 3. The Morgan fingerprint density at radius 1 is 1.04 bits per heavy atom. The molecule has 3 N–H and O–H groups in total. The molecule has 0 aliphatic carbocycles. The van der Waals surface area contributed by atoms with Crippen LogP contribution in [0.1, 0.15) is 51.0 Å². The predicted octanol–water partition coefficient (Wildman–Crippen LogP) is 2.55. The topological polar surface area (TPSA) is 200 Å². The standard InChI is InChI=1S/C36H45N7O9/c1-22-18-24(44)21-43(22)35(48)32(36(2,3)4)40-30(45)12-13-49-14-15-50-16-17-51-25-7-8-26(37-20-25)33(47)38-23-6-10-29-28(19-23)39-34(52-29)27-9-11-31(46)42(5)41-27/h6-11,19-20,22,24,32,44H,12-18,21H2,1-5H3,(H,38,47)(H,40,45)/t22-,24-,32-/m1/s1. The van der Waals surface area contributed by atoms with Crippen molar-refractivity contribution in [3.8, 4) is 17.3 Å². The summed E-state index contributed by atoms with van der Waals surface area (Å²) in [5.41, 5.74) is 1.33. The number of benzene rings is 1. The number of aliphatic hydroxyl groups excluding tert-OH is 1. The molecular formula is C36H45N7O9. The van der Waals surface area contributed by atoms with Crippen molar-refractivity contribution in [2.45, 2.75) is 58.7 Å². The Bertz CT molecular complexity index is 1920. The molecule has 3 aromatic heterocycles. The molecule has 0 radical (unpaired) electrons. The van der Waals surface area contributed by atoms with Gasteiger partial charge in [0.2, 0.25) is 17.7 Å². The number of amides is 3. The van der Waals surface area contributed by atoms with Gasteiger partial charge in [0.25, 0.3) is 11.5 Å². The summed E-state index contributed by atoms with van der Waals surface area (Å²) in [5, 5.41) is 19.7. The third-order valence-corrected chi connectivity index (χ3v) is 8.39. The maximum absolute atomic E-state index is 13.2. The van der Waals surface area contributed by atoms with Gasteiger partial charge in [0, 0.05) is 37.8 Å². The molecule has 1 fully saturated rings. The highest BCUT2D eigenvalue weighted by Gasteiger charge is 2.40. The monoisotopic (exact) mass is 719 g/mol. The zero-order chi connectivity index (χ0) is 37.4. The minimum atomic E-state index is -0.712. The van der Waals surface area contributed by atoms with Crippen LogP contribution < -0.4 is 20.9 Å². The Morgan fingerprint density at radius 3 is 2.46 bits per heavy atom. The lowest BCUT2D eigenvalue weighted by molar-refractivity contribution is -0.140. The van der Waals surface area contributed by atoms with Crippen LogP contribution in [-0.4, -0.2) is 105 Å². The third-order valence-electron chi connectivity index (χ3n) is 8.39. The van der Waals surface area contributed by atoms with E-state index < -0.39 is 23.5 Å². The van der Waals surface area contributed by atoms with E-state index in [0.717, 1.165) is 0 Å². The number of nitrogens with one attached hydrogen (secondary N) is 2. The highest BCUT2D eigenvalue weighted by atomic mass is 16.5. The largest absolute Gasteiger partial charge is 0.490 e. The van der Waals surface area contributed by atoms with Gasteiger partial charge in [0.05, 0.1) is 38.7 Å². The minimum absolute atomic E-state index is 0.0834. The Kier molecular flexibility index (Phi) is 12.4. The van der Waals surface area contributed by atoms with Crippen LogP contribution in [0.3, 0.4) is 0 Å². The van der Waals surface area contributed by atoms with E-state index in [1.165, 1.54) is 30.1 Å². The first-order valence-corrected chi connectivity index (χ1v) is 17.1. The average molecular weight is 720 g/mol. The van der Waals surface area contributed by atoms with Crippen molar-refractivity contribution >= 4 is 34.5 Å². The Hall–Kier alpha value is -5.19. The number of anilines is 1. The Balaban J connectivity index is 0.965. The van der Waals surface area contributed by atoms with E-state index in [4.69, 9.17) is 18.6 Å². The lowest BCUT2D eigenvalue weighted by Crippen LogP contribution is -2.55. The molecule has 3 amide bonds. The second-order valence-electron chi connectivity index (χ2n) is 13.6. The molecule has 0 unspecified atom stereocenters. The fourth-order valence-corrected chi connectivity index (χ4v) is 5.59. The predicted molar refractivity (Wildman–Crippen MR) is 190 cm³/mol. The molecule has 0 spiro atoms. The molecule has 4 heterocycles. The van der Waals surface area contributed by atoms with Crippen LogP contribution in [0.15, 0.2) is 57.9 Å². The lowest BCUT2D eigenvalue weighted by Gasteiger charge is -2.35. The summed E-state index contributed by atoms with van der Waals surface area (Å²) in [6, 6.07) is 10.3. The van der Waals surface area contributed by atoms with Crippen molar-refractivity contribution in [3.63, 3.8) is 0 Å². The van der Waals surface area contributed by atoms with Crippen LogP contribution in [0, 0.1) is 5.41 Å². The Labute approximate surface area is 300 Å². The number of aliphatic hydroxyl groups is 1. The summed E-state index contributed by atoms with van der Waals surface area (Å²) < 4.78 is 23.7. The molecule has 1 saturated heterocycles. The van der Waals surface area contributed by atoms with E-state index in [1.807, 2.05) is 27.7 Å². The molecule has 1 aliphatic heterocycles. The molecular weight excluding hydrogens is 674 g/mol. The normalized spacial score (nSPS) is 16.5. The van der Waals surface area contributed by atoms with Gasteiger partial charge in [0.1, 0.15) is 35.3 Å². The molecule has 5 rings (SSSR count). The second-order valence-corrected chi connectivity index (χ2v) is 13.6. The maximum atomic E-state index is 13.2. The summed E-state index contributed by atoms with van der Waals surface area (Å²) >= 11 is 0. The molecule has 16 nitrogen and oxygen atoms in total. The highest BCUT2D eigenvalue weighted by molar-refractivity contribution is 6.03. The summed E-state index contributed by atoms with van der Waals surface area (Å²) in [5.74, 6) is -0.180. The van der Waals surface area contributed by atoms with Crippen molar-refractivity contribution in [1.29, 1.82) is 0 Å². The van der Waals surface area contributed by atoms with E-state index in [-0.39, 0.29) is 74.4 Å². The molecule has 1 aromatic carbocycles. The number of oxazole rings is 1. The molecule has 278 valence electrons. The first-order valence-electron chi connectivity index (χ1n) is 17.1. The zero-order valence-electron chi connectivity index (χ0n) is 30.0. The van der Waals surface area contributed by atoms with E-state index in [2.05, 4.69) is 25.7 Å². The van der Waals surface area contributed by atoms with Gasteiger partial charge in [-0.1, -0.05) is 20.8 Å². The fraction of sp³-hybridized carbons (Fsp3) is 0.472. The molecule has 1 aliphatic rings.